The number of nitrogens with zero attached hydrogens (tertiary/aromatic N) is 1. The first kappa shape index (κ1) is 14.6. The fraction of sp³-hybridized carbons (Fsp3) is 0.438. The summed E-state index contributed by atoms with van der Waals surface area (Å²) in [5, 5.41) is 8.59. The maximum Gasteiger partial charge on any atom is 0.328 e. The summed E-state index contributed by atoms with van der Waals surface area (Å²) in [6.07, 6.45) is 5.01. The minimum Gasteiger partial charge on any atom is -0.478 e. The lowest BCUT2D eigenvalue weighted by Gasteiger charge is -2.28. The molecule has 0 saturated carbocycles. The summed E-state index contributed by atoms with van der Waals surface area (Å²) in [6.45, 7) is 2.78. The van der Waals surface area contributed by atoms with E-state index in [1.807, 2.05) is 24.3 Å². The van der Waals surface area contributed by atoms with Crippen LogP contribution in [0.5, 0.6) is 0 Å². The molecule has 0 unspecified atom stereocenters. The highest BCUT2D eigenvalue weighted by molar-refractivity contribution is 5.85. The maximum absolute atomic E-state index is 10.5. The molecule has 1 fully saturated rings. The summed E-state index contributed by atoms with van der Waals surface area (Å²) >= 11 is 0. The molecule has 1 heterocycles. The molecule has 20 heavy (non-hydrogen) atoms. The molecule has 0 aliphatic carbocycles. The van der Waals surface area contributed by atoms with E-state index in [1.54, 1.807) is 6.08 Å². The van der Waals surface area contributed by atoms with Crippen LogP contribution in [0.3, 0.4) is 0 Å². The number of carboxylic acid groups (broad SMARTS) is 1. The van der Waals surface area contributed by atoms with E-state index in [2.05, 4.69) is 11.9 Å². The first-order valence-corrected chi connectivity index (χ1v) is 6.95. The van der Waals surface area contributed by atoms with Crippen molar-refractivity contribution in [1.82, 2.24) is 0 Å². The van der Waals surface area contributed by atoms with Crippen molar-refractivity contribution in [2.45, 2.75) is 12.8 Å². The summed E-state index contributed by atoms with van der Waals surface area (Å²) in [4.78, 5) is 12.7. The van der Waals surface area contributed by atoms with Gasteiger partial charge in [-0.15, -0.1) is 0 Å². The number of hydrogen-bond donors (Lipinski definition) is 1. The van der Waals surface area contributed by atoms with Crippen molar-refractivity contribution in [3.05, 3.63) is 35.9 Å². The molecule has 0 amide bonds. The molecule has 2 rings (SSSR count). The van der Waals surface area contributed by atoms with Crippen LogP contribution in [0, 0.1) is 5.92 Å². The normalized spacial score (nSPS) is 16.4. The van der Waals surface area contributed by atoms with Crippen LogP contribution in [0.1, 0.15) is 18.4 Å². The molecule has 4 nitrogen and oxygen atoms in total. The standard InChI is InChI=1S/C16H21NO3/c1-17(12-14-8-10-20-11-9-14)15-5-2-13(3-6-15)4-7-16(18)19/h2-7,14H,8-12H2,1H3,(H,18,19). The maximum atomic E-state index is 10.5. The smallest absolute Gasteiger partial charge is 0.328 e. The molecule has 1 N–H and O–H groups in total. The molecule has 1 aliphatic heterocycles. The second-order valence-corrected chi connectivity index (χ2v) is 5.20. The van der Waals surface area contributed by atoms with Gasteiger partial charge < -0.3 is 14.7 Å². The van der Waals surface area contributed by atoms with Crippen molar-refractivity contribution in [1.29, 1.82) is 0 Å². The highest BCUT2D eigenvalue weighted by atomic mass is 16.5. The SMILES string of the molecule is CN(CC1CCOCC1)c1ccc(C=CC(=O)O)cc1. The number of aliphatic carboxylic acids is 1. The van der Waals surface area contributed by atoms with Crippen LogP contribution in [0.15, 0.2) is 30.3 Å². The Morgan fingerprint density at radius 3 is 2.60 bits per heavy atom. The van der Waals surface area contributed by atoms with Gasteiger partial charge in [0.05, 0.1) is 0 Å². The lowest BCUT2D eigenvalue weighted by molar-refractivity contribution is -0.131. The van der Waals surface area contributed by atoms with Gasteiger partial charge in [0.15, 0.2) is 0 Å². The van der Waals surface area contributed by atoms with Gasteiger partial charge in [-0.2, -0.15) is 0 Å². The van der Waals surface area contributed by atoms with Crippen LogP contribution in [-0.4, -0.2) is 37.9 Å². The molecule has 1 aromatic rings. The van der Waals surface area contributed by atoms with Gasteiger partial charge in [-0.25, -0.2) is 4.79 Å². The van der Waals surface area contributed by atoms with E-state index in [0.717, 1.165) is 49.9 Å². The number of carboxylic acids is 1. The van der Waals surface area contributed by atoms with Crippen LogP contribution in [0.25, 0.3) is 6.08 Å². The van der Waals surface area contributed by atoms with Gasteiger partial charge in [0.2, 0.25) is 0 Å². The number of benzene rings is 1. The minimum absolute atomic E-state index is 0.695. The Morgan fingerprint density at radius 1 is 1.35 bits per heavy atom. The van der Waals surface area contributed by atoms with Gasteiger partial charge in [-0.05, 0) is 42.5 Å². The van der Waals surface area contributed by atoms with Crippen LogP contribution in [0.4, 0.5) is 5.69 Å². The predicted octanol–water partition coefficient (Wildman–Crippen LogP) is 2.65. The topological polar surface area (TPSA) is 49.8 Å². The average Bonchev–Trinajstić information content (AvgIpc) is 2.46. The van der Waals surface area contributed by atoms with E-state index < -0.39 is 5.97 Å². The van der Waals surface area contributed by atoms with Crippen molar-refractivity contribution >= 4 is 17.7 Å². The first-order valence-electron chi connectivity index (χ1n) is 6.95. The molecular formula is C16H21NO3. The molecule has 0 aromatic heterocycles. The minimum atomic E-state index is -0.925. The summed E-state index contributed by atoms with van der Waals surface area (Å²) in [7, 11) is 2.09. The zero-order valence-electron chi connectivity index (χ0n) is 11.8. The Balaban J connectivity index is 1.92. The van der Waals surface area contributed by atoms with Crippen molar-refractivity contribution in [3.8, 4) is 0 Å². The lowest BCUT2D eigenvalue weighted by Crippen LogP contribution is -2.29. The third-order valence-electron chi connectivity index (χ3n) is 3.63. The van der Waals surface area contributed by atoms with Gasteiger partial charge in [-0.3, -0.25) is 0 Å². The Hall–Kier alpha value is -1.81. The number of ether oxygens (including phenoxy) is 1. The van der Waals surface area contributed by atoms with Crippen molar-refractivity contribution < 1.29 is 14.6 Å². The van der Waals surface area contributed by atoms with Gasteiger partial charge >= 0.3 is 5.97 Å². The van der Waals surface area contributed by atoms with E-state index in [9.17, 15) is 4.79 Å². The zero-order chi connectivity index (χ0) is 14.4. The Labute approximate surface area is 119 Å². The predicted molar refractivity (Wildman–Crippen MR) is 79.9 cm³/mol. The molecule has 0 atom stereocenters. The van der Waals surface area contributed by atoms with Crippen LogP contribution >= 0.6 is 0 Å². The highest BCUT2D eigenvalue weighted by Crippen LogP contribution is 2.20. The van der Waals surface area contributed by atoms with Gasteiger partial charge in [0, 0.05) is 38.6 Å². The molecule has 0 spiro atoms. The molecule has 108 valence electrons. The quantitative estimate of drug-likeness (QED) is 0.839. The Morgan fingerprint density at radius 2 is 2.00 bits per heavy atom. The summed E-state index contributed by atoms with van der Waals surface area (Å²) in [5.74, 6) is -0.231. The molecule has 1 saturated heterocycles. The third-order valence-corrected chi connectivity index (χ3v) is 3.63. The van der Waals surface area contributed by atoms with Gasteiger partial charge in [-0.1, -0.05) is 12.1 Å². The van der Waals surface area contributed by atoms with Crippen LogP contribution in [0.2, 0.25) is 0 Å². The number of anilines is 1. The zero-order valence-corrected chi connectivity index (χ0v) is 11.8. The molecule has 1 aliphatic rings. The average molecular weight is 275 g/mol. The fourth-order valence-electron chi connectivity index (χ4n) is 2.43. The number of rotatable bonds is 5. The molecular weight excluding hydrogens is 254 g/mol. The molecule has 4 heteroatoms. The Kier molecular flexibility index (Phi) is 5.18. The monoisotopic (exact) mass is 275 g/mol. The second-order valence-electron chi connectivity index (χ2n) is 5.20. The molecule has 0 bridgehead atoms. The van der Waals surface area contributed by atoms with Crippen molar-refractivity contribution in [3.63, 3.8) is 0 Å². The van der Waals surface area contributed by atoms with E-state index in [-0.39, 0.29) is 0 Å². The van der Waals surface area contributed by atoms with E-state index in [1.165, 1.54) is 0 Å². The lowest BCUT2D eigenvalue weighted by atomic mass is 9.99. The highest BCUT2D eigenvalue weighted by Gasteiger charge is 2.15. The summed E-state index contributed by atoms with van der Waals surface area (Å²) in [6, 6.07) is 7.94. The number of carbonyl (C=O) groups is 1. The van der Waals surface area contributed by atoms with Gasteiger partial charge in [0.25, 0.3) is 0 Å². The molecule has 0 radical (unpaired) electrons. The van der Waals surface area contributed by atoms with Crippen molar-refractivity contribution in [2.24, 2.45) is 5.92 Å². The summed E-state index contributed by atoms with van der Waals surface area (Å²) in [5.41, 5.74) is 2.06. The van der Waals surface area contributed by atoms with E-state index in [0.29, 0.717) is 5.92 Å². The number of hydrogen-bond acceptors (Lipinski definition) is 3. The van der Waals surface area contributed by atoms with Crippen LogP contribution < -0.4 is 4.90 Å². The molecule has 1 aromatic carbocycles. The van der Waals surface area contributed by atoms with Gasteiger partial charge in [0.1, 0.15) is 0 Å². The van der Waals surface area contributed by atoms with Crippen LogP contribution in [-0.2, 0) is 9.53 Å². The second kappa shape index (κ2) is 7.10. The fourth-order valence-corrected chi connectivity index (χ4v) is 2.43. The largest absolute Gasteiger partial charge is 0.478 e. The Bertz CT molecular complexity index is 461. The first-order chi connectivity index (χ1) is 9.65. The summed E-state index contributed by atoms with van der Waals surface area (Å²) < 4.78 is 5.37. The van der Waals surface area contributed by atoms with E-state index in [4.69, 9.17) is 9.84 Å². The van der Waals surface area contributed by atoms with Crippen molar-refractivity contribution in [2.75, 3.05) is 31.7 Å². The third kappa shape index (κ3) is 4.38. The van der Waals surface area contributed by atoms with E-state index >= 15 is 0 Å².